The molecule has 0 saturated heterocycles. The molecule has 3 heteroatoms. The van der Waals surface area contributed by atoms with Crippen LogP contribution in [0.5, 0.6) is 11.5 Å². The van der Waals surface area contributed by atoms with E-state index in [-0.39, 0.29) is 11.7 Å². The standard InChI is InChI=1S/C18H20O3/c1-13(19)11-16(14-7-5-4-6-8-14)15-9-10-17(20-2)18(12-15)21-3/h4-10,12,16H,11H2,1-3H3/t16-/m0/s1. The molecule has 0 amide bonds. The molecule has 2 rings (SSSR count). The van der Waals surface area contributed by atoms with E-state index in [1.807, 2.05) is 48.5 Å². The van der Waals surface area contributed by atoms with Crippen LogP contribution in [-0.2, 0) is 4.79 Å². The first kappa shape index (κ1) is 15.1. The zero-order valence-corrected chi connectivity index (χ0v) is 12.6. The van der Waals surface area contributed by atoms with Gasteiger partial charge >= 0.3 is 0 Å². The molecule has 0 aliphatic rings. The molecule has 0 bridgehead atoms. The second-order valence-electron chi connectivity index (χ2n) is 4.98. The van der Waals surface area contributed by atoms with Gasteiger partial charge in [-0.3, -0.25) is 4.79 Å². The van der Waals surface area contributed by atoms with Gasteiger partial charge in [-0.2, -0.15) is 0 Å². The Kier molecular flexibility index (Phi) is 4.99. The molecule has 0 fully saturated rings. The Morgan fingerprint density at radius 1 is 0.952 bits per heavy atom. The molecule has 0 spiro atoms. The predicted molar refractivity (Wildman–Crippen MR) is 83.1 cm³/mol. The first-order valence-electron chi connectivity index (χ1n) is 6.92. The van der Waals surface area contributed by atoms with E-state index in [0.29, 0.717) is 17.9 Å². The minimum atomic E-state index is 0.0310. The molecular weight excluding hydrogens is 264 g/mol. The zero-order valence-electron chi connectivity index (χ0n) is 12.6. The van der Waals surface area contributed by atoms with Crippen molar-refractivity contribution in [3.8, 4) is 11.5 Å². The average Bonchev–Trinajstić information content (AvgIpc) is 2.52. The van der Waals surface area contributed by atoms with Crippen LogP contribution in [0.25, 0.3) is 0 Å². The van der Waals surface area contributed by atoms with Gasteiger partial charge < -0.3 is 9.47 Å². The van der Waals surface area contributed by atoms with Gasteiger partial charge in [0.1, 0.15) is 5.78 Å². The van der Waals surface area contributed by atoms with Crippen LogP contribution < -0.4 is 9.47 Å². The molecule has 0 aliphatic heterocycles. The van der Waals surface area contributed by atoms with E-state index in [9.17, 15) is 4.79 Å². The van der Waals surface area contributed by atoms with Crippen LogP contribution in [0.3, 0.4) is 0 Å². The van der Waals surface area contributed by atoms with E-state index < -0.39 is 0 Å². The highest BCUT2D eigenvalue weighted by Gasteiger charge is 2.18. The topological polar surface area (TPSA) is 35.5 Å². The molecule has 0 saturated carbocycles. The summed E-state index contributed by atoms with van der Waals surface area (Å²) in [6, 6.07) is 15.9. The minimum Gasteiger partial charge on any atom is -0.493 e. The van der Waals surface area contributed by atoms with E-state index in [0.717, 1.165) is 11.1 Å². The molecule has 3 nitrogen and oxygen atoms in total. The van der Waals surface area contributed by atoms with E-state index in [2.05, 4.69) is 0 Å². The summed E-state index contributed by atoms with van der Waals surface area (Å²) in [4.78, 5) is 11.6. The van der Waals surface area contributed by atoms with Crippen LogP contribution in [0.2, 0.25) is 0 Å². The molecule has 0 aromatic heterocycles. The van der Waals surface area contributed by atoms with Crippen LogP contribution in [-0.4, -0.2) is 20.0 Å². The lowest BCUT2D eigenvalue weighted by Gasteiger charge is -2.18. The Morgan fingerprint density at radius 3 is 2.19 bits per heavy atom. The Labute approximate surface area is 125 Å². The van der Waals surface area contributed by atoms with E-state index in [1.54, 1.807) is 21.1 Å². The summed E-state index contributed by atoms with van der Waals surface area (Å²) >= 11 is 0. The predicted octanol–water partition coefficient (Wildman–Crippen LogP) is 3.81. The zero-order chi connectivity index (χ0) is 15.2. The number of hydrogen-bond donors (Lipinski definition) is 0. The molecule has 0 N–H and O–H groups in total. The highest BCUT2D eigenvalue weighted by molar-refractivity contribution is 5.77. The maximum atomic E-state index is 11.6. The molecule has 0 aliphatic carbocycles. The smallest absolute Gasteiger partial charge is 0.161 e. The summed E-state index contributed by atoms with van der Waals surface area (Å²) in [6.07, 6.45) is 0.472. The summed E-state index contributed by atoms with van der Waals surface area (Å²) < 4.78 is 10.6. The second-order valence-corrected chi connectivity index (χ2v) is 4.98. The summed E-state index contributed by atoms with van der Waals surface area (Å²) in [7, 11) is 3.23. The van der Waals surface area contributed by atoms with Crippen LogP contribution in [0.1, 0.15) is 30.4 Å². The third-order valence-electron chi connectivity index (χ3n) is 3.50. The number of Topliss-reactive ketones (excluding diaryl/α,β-unsaturated/α-hetero) is 1. The van der Waals surface area contributed by atoms with Crippen LogP contribution >= 0.6 is 0 Å². The SMILES string of the molecule is COc1ccc([C@@H](CC(C)=O)c2ccccc2)cc1OC. The van der Waals surface area contributed by atoms with Crippen LogP contribution in [0.15, 0.2) is 48.5 Å². The van der Waals surface area contributed by atoms with Gasteiger partial charge in [0.25, 0.3) is 0 Å². The van der Waals surface area contributed by atoms with Gasteiger partial charge in [-0.15, -0.1) is 0 Å². The van der Waals surface area contributed by atoms with E-state index >= 15 is 0 Å². The number of carbonyl (C=O) groups is 1. The fourth-order valence-corrected chi connectivity index (χ4v) is 2.47. The maximum absolute atomic E-state index is 11.6. The number of carbonyl (C=O) groups excluding carboxylic acids is 1. The number of benzene rings is 2. The fourth-order valence-electron chi connectivity index (χ4n) is 2.47. The van der Waals surface area contributed by atoms with Gasteiger partial charge in [0.05, 0.1) is 14.2 Å². The average molecular weight is 284 g/mol. The Morgan fingerprint density at radius 2 is 1.62 bits per heavy atom. The fraction of sp³-hybridized carbons (Fsp3) is 0.278. The van der Waals surface area contributed by atoms with Crippen molar-refractivity contribution >= 4 is 5.78 Å². The minimum absolute atomic E-state index is 0.0310. The molecule has 110 valence electrons. The second kappa shape index (κ2) is 6.93. The van der Waals surface area contributed by atoms with Crippen molar-refractivity contribution < 1.29 is 14.3 Å². The number of ketones is 1. The third-order valence-corrected chi connectivity index (χ3v) is 3.50. The van der Waals surface area contributed by atoms with Crippen molar-refractivity contribution in [1.29, 1.82) is 0 Å². The van der Waals surface area contributed by atoms with Gasteiger partial charge in [0.2, 0.25) is 0 Å². The quantitative estimate of drug-likeness (QED) is 0.809. The van der Waals surface area contributed by atoms with E-state index in [1.165, 1.54) is 0 Å². The molecule has 1 atom stereocenters. The van der Waals surface area contributed by atoms with Crippen LogP contribution in [0.4, 0.5) is 0 Å². The number of ether oxygens (including phenoxy) is 2. The highest BCUT2D eigenvalue weighted by atomic mass is 16.5. The number of rotatable bonds is 6. The lowest BCUT2D eigenvalue weighted by molar-refractivity contribution is -0.117. The largest absolute Gasteiger partial charge is 0.493 e. The normalized spacial score (nSPS) is 11.8. The monoisotopic (exact) mass is 284 g/mol. The lowest BCUT2D eigenvalue weighted by Crippen LogP contribution is -2.06. The number of hydrogen-bond acceptors (Lipinski definition) is 3. The van der Waals surface area contributed by atoms with Crippen LogP contribution in [0, 0.1) is 0 Å². The summed E-state index contributed by atoms with van der Waals surface area (Å²) in [5.41, 5.74) is 2.17. The first-order valence-corrected chi connectivity index (χ1v) is 6.92. The summed E-state index contributed by atoms with van der Waals surface area (Å²) in [5.74, 6) is 1.57. The Balaban J connectivity index is 2.44. The van der Waals surface area contributed by atoms with Crippen molar-refractivity contribution in [2.24, 2.45) is 0 Å². The first-order chi connectivity index (χ1) is 10.2. The molecule has 2 aromatic carbocycles. The Bertz CT molecular complexity index is 605. The van der Waals surface area contributed by atoms with Crippen molar-refractivity contribution in [3.05, 3.63) is 59.7 Å². The molecule has 0 heterocycles. The van der Waals surface area contributed by atoms with Gasteiger partial charge in [0.15, 0.2) is 11.5 Å². The van der Waals surface area contributed by atoms with Crippen molar-refractivity contribution in [2.75, 3.05) is 14.2 Å². The number of methoxy groups -OCH3 is 2. The van der Waals surface area contributed by atoms with Gasteiger partial charge in [-0.05, 0) is 30.2 Å². The van der Waals surface area contributed by atoms with Crippen molar-refractivity contribution in [1.82, 2.24) is 0 Å². The van der Waals surface area contributed by atoms with Gasteiger partial charge in [0, 0.05) is 12.3 Å². The molecule has 0 radical (unpaired) electrons. The molecule has 21 heavy (non-hydrogen) atoms. The highest BCUT2D eigenvalue weighted by Crippen LogP contribution is 2.35. The summed E-state index contributed by atoms with van der Waals surface area (Å²) in [5, 5.41) is 0. The molecular formula is C18H20O3. The van der Waals surface area contributed by atoms with Crippen molar-refractivity contribution in [3.63, 3.8) is 0 Å². The van der Waals surface area contributed by atoms with Gasteiger partial charge in [-0.25, -0.2) is 0 Å². The Hall–Kier alpha value is -2.29. The van der Waals surface area contributed by atoms with Crippen molar-refractivity contribution in [2.45, 2.75) is 19.3 Å². The summed E-state index contributed by atoms with van der Waals surface area (Å²) in [6.45, 7) is 1.62. The molecule has 2 aromatic rings. The maximum Gasteiger partial charge on any atom is 0.161 e. The third kappa shape index (κ3) is 3.63. The lowest BCUT2D eigenvalue weighted by atomic mass is 9.87. The van der Waals surface area contributed by atoms with E-state index in [4.69, 9.17) is 9.47 Å². The van der Waals surface area contributed by atoms with Gasteiger partial charge in [-0.1, -0.05) is 36.4 Å². The molecule has 0 unspecified atom stereocenters.